The van der Waals surface area contributed by atoms with Gasteiger partial charge in [0.2, 0.25) is 6.79 Å². The highest BCUT2D eigenvalue weighted by Crippen LogP contribution is 2.39. The second-order valence-corrected chi connectivity index (χ2v) is 6.62. The molecule has 0 fully saturated rings. The molecule has 128 valence electrons. The van der Waals surface area contributed by atoms with Crippen LogP contribution in [0.1, 0.15) is 10.5 Å². The Balaban J connectivity index is 1.39. The molecule has 0 aliphatic carbocycles. The molecular formula is C18H11N3O4S. The molecule has 7 nitrogen and oxygen atoms in total. The van der Waals surface area contributed by atoms with Crippen LogP contribution in [0.25, 0.3) is 21.5 Å². The number of carbonyl (C=O) groups is 1. The molecule has 5 rings (SSSR count). The molecule has 4 aromatic rings. The van der Waals surface area contributed by atoms with E-state index >= 15 is 0 Å². The lowest BCUT2D eigenvalue weighted by Crippen LogP contribution is -2.11. The third-order valence-electron chi connectivity index (χ3n) is 3.90. The van der Waals surface area contributed by atoms with E-state index in [0.29, 0.717) is 22.4 Å². The van der Waals surface area contributed by atoms with Gasteiger partial charge in [0.25, 0.3) is 5.91 Å². The van der Waals surface area contributed by atoms with Gasteiger partial charge < -0.3 is 14.0 Å². The van der Waals surface area contributed by atoms with E-state index in [4.69, 9.17) is 14.0 Å². The molecule has 0 atom stereocenters. The number of benzene rings is 2. The summed E-state index contributed by atoms with van der Waals surface area (Å²) in [5.41, 5.74) is 1.78. The number of rotatable bonds is 3. The Morgan fingerprint density at radius 2 is 1.88 bits per heavy atom. The first-order valence-electron chi connectivity index (χ1n) is 7.80. The minimum absolute atomic E-state index is 0.192. The molecule has 0 radical (unpaired) electrons. The van der Waals surface area contributed by atoms with Gasteiger partial charge >= 0.3 is 0 Å². The van der Waals surface area contributed by atoms with Crippen LogP contribution in [0.4, 0.5) is 5.13 Å². The van der Waals surface area contributed by atoms with E-state index in [-0.39, 0.29) is 18.4 Å². The smallest absolute Gasteiger partial charge is 0.279 e. The molecule has 1 N–H and O–H groups in total. The average Bonchev–Trinajstić information content (AvgIpc) is 3.38. The molecule has 26 heavy (non-hydrogen) atoms. The van der Waals surface area contributed by atoms with Gasteiger partial charge in [-0.1, -0.05) is 46.8 Å². The molecule has 2 aromatic carbocycles. The lowest BCUT2D eigenvalue weighted by atomic mass is 10.1. The van der Waals surface area contributed by atoms with Crippen molar-refractivity contribution in [1.29, 1.82) is 0 Å². The third kappa shape index (κ3) is 2.56. The van der Waals surface area contributed by atoms with Crippen LogP contribution in [0.2, 0.25) is 0 Å². The zero-order chi connectivity index (χ0) is 17.5. The van der Waals surface area contributed by atoms with E-state index in [1.165, 1.54) is 11.3 Å². The number of hydrogen-bond donors (Lipinski definition) is 1. The Morgan fingerprint density at radius 3 is 2.73 bits per heavy atom. The fourth-order valence-electron chi connectivity index (χ4n) is 2.65. The minimum atomic E-state index is -0.380. The van der Waals surface area contributed by atoms with Crippen molar-refractivity contribution in [2.45, 2.75) is 0 Å². The number of hydrogen-bond acceptors (Lipinski definition) is 7. The number of nitrogens with zero attached hydrogens (tertiary/aromatic N) is 2. The topological polar surface area (TPSA) is 86.5 Å². The summed E-state index contributed by atoms with van der Waals surface area (Å²) in [6, 6.07) is 14.7. The highest BCUT2D eigenvalue weighted by Gasteiger charge is 2.19. The second kappa shape index (κ2) is 5.85. The monoisotopic (exact) mass is 365 g/mol. The van der Waals surface area contributed by atoms with Crippen molar-refractivity contribution in [3.8, 4) is 22.8 Å². The van der Waals surface area contributed by atoms with Crippen LogP contribution in [-0.4, -0.2) is 22.8 Å². The summed E-state index contributed by atoms with van der Waals surface area (Å²) in [7, 11) is 0. The van der Waals surface area contributed by atoms with E-state index in [1.807, 2.05) is 36.4 Å². The van der Waals surface area contributed by atoms with Crippen molar-refractivity contribution in [2.24, 2.45) is 0 Å². The fourth-order valence-corrected chi connectivity index (χ4v) is 3.52. The highest BCUT2D eigenvalue weighted by molar-refractivity contribution is 7.22. The van der Waals surface area contributed by atoms with Gasteiger partial charge in [0.1, 0.15) is 0 Å². The summed E-state index contributed by atoms with van der Waals surface area (Å²) in [5.74, 6) is 1.49. The summed E-state index contributed by atoms with van der Waals surface area (Å²) in [6.07, 6.45) is 0. The Bertz CT molecular complexity index is 1080. The molecule has 8 heteroatoms. The Kier molecular flexibility index (Phi) is 3.36. The maximum atomic E-state index is 12.4. The van der Waals surface area contributed by atoms with E-state index < -0.39 is 0 Å². The van der Waals surface area contributed by atoms with Gasteiger partial charge in [0, 0.05) is 23.8 Å². The van der Waals surface area contributed by atoms with E-state index in [1.54, 1.807) is 12.1 Å². The molecule has 1 aliphatic heterocycles. The first-order valence-corrected chi connectivity index (χ1v) is 8.61. The minimum Gasteiger partial charge on any atom is -0.454 e. The normalized spacial score (nSPS) is 12.5. The van der Waals surface area contributed by atoms with Gasteiger partial charge in [-0.05, 0) is 0 Å². The molecule has 1 amide bonds. The maximum Gasteiger partial charge on any atom is 0.279 e. The summed E-state index contributed by atoms with van der Waals surface area (Å²) < 4.78 is 16.9. The summed E-state index contributed by atoms with van der Waals surface area (Å²) in [4.78, 5) is 16.8. The third-order valence-corrected chi connectivity index (χ3v) is 4.84. The van der Waals surface area contributed by atoms with Crippen LogP contribution in [0.3, 0.4) is 0 Å². The van der Waals surface area contributed by atoms with Gasteiger partial charge in [-0.3, -0.25) is 10.1 Å². The van der Waals surface area contributed by atoms with Crippen molar-refractivity contribution in [3.05, 3.63) is 54.2 Å². The van der Waals surface area contributed by atoms with E-state index in [2.05, 4.69) is 15.5 Å². The lowest BCUT2D eigenvalue weighted by Gasteiger charge is -1.95. The van der Waals surface area contributed by atoms with Gasteiger partial charge in [-0.25, -0.2) is 4.98 Å². The number of ether oxygens (including phenoxy) is 2. The predicted octanol–water partition coefficient (Wildman–Crippen LogP) is 3.93. The summed E-state index contributed by atoms with van der Waals surface area (Å²) in [6.45, 7) is 0.214. The van der Waals surface area contributed by atoms with Crippen LogP contribution in [0.15, 0.2) is 53.1 Å². The largest absolute Gasteiger partial charge is 0.454 e. The SMILES string of the molecule is O=C(Nc1nc2cc3c(cc2s1)OCO3)c1cc(-c2ccccc2)on1. The van der Waals surface area contributed by atoms with Crippen LogP contribution < -0.4 is 14.8 Å². The van der Waals surface area contributed by atoms with Crippen molar-refractivity contribution in [2.75, 3.05) is 12.1 Å². The standard InChI is InChI=1S/C18H11N3O4S/c22-17(12-7-13(25-21-12)10-4-2-1-3-5-10)20-18-19-11-6-14-15(24-9-23-14)8-16(11)26-18/h1-8H,9H2,(H,19,20,22). The van der Waals surface area contributed by atoms with Crippen molar-refractivity contribution < 1.29 is 18.8 Å². The lowest BCUT2D eigenvalue weighted by molar-refractivity contribution is 0.101. The number of fused-ring (bicyclic) bond motifs is 2. The first kappa shape index (κ1) is 14.9. The number of aromatic nitrogens is 2. The van der Waals surface area contributed by atoms with Gasteiger partial charge in [0.15, 0.2) is 28.1 Å². The predicted molar refractivity (Wildman–Crippen MR) is 95.6 cm³/mol. The van der Waals surface area contributed by atoms with Gasteiger partial charge in [-0.2, -0.15) is 0 Å². The number of anilines is 1. The van der Waals surface area contributed by atoms with Crippen LogP contribution >= 0.6 is 11.3 Å². The Labute approximate surface area is 151 Å². The maximum absolute atomic E-state index is 12.4. The van der Waals surface area contributed by atoms with Crippen molar-refractivity contribution >= 4 is 32.6 Å². The van der Waals surface area contributed by atoms with Crippen molar-refractivity contribution in [1.82, 2.24) is 10.1 Å². The average molecular weight is 365 g/mol. The fraction of sp³-hybridized carbons (Fsp3) is 0.0556. The first-order chi connectivity index (χ1) is 12.8. The number of amides is 1. The zero-order valence-corrected chi connectivity index (χ0v) is 14.1. The molecule has 3 heterocycles. The quantitative estimate of drug-likeness (QED) is 0.592. The second-order valence-electron chi connectivity index (χ2n) is 5.59. The summed E-state index contributed by atoms with van der Waals surface area (Å²) >= 11 is 1.35. The molecule has 0 unspecified atom stereocenters. The molecular weight excluding hydrogens is 354 g/mol. The number of carbonyl (C=O) groups excluding carboxylic acids is 1. The Morgan fingerprint density at radius 1 is 1.08 bits per heavy atom. The molecule has 1 aliphatic rings. The van der Waals surface area contributed by atoms with Crippen LogP contribution in [0.5, 0.6) is 11.5 Å². The molecule has 2 aromatic heterocycles. The molecule has 0 saturated carbocycles. The number of nitrogens with one attached hydrogen (secondary N) is 1. The van der Waals surface area contributed by atoms with E-state index in [0.717, 1.165) is 15.8 Å². The van der Waals surface area contributed by atoms with Gasteiger partial charge in [0.05, 0.1) is 10.2 Å². The number of thiazole rings is 1. The van der Waals surface area contributed by atoms with Crippen LogP contribution in [0, 0.1) is 0 Å². The Hall–Kier alpha value is -3.39. The zero-order valence-electron chi connectivity index (χ0n) is 13.3. The molecule has 0 spiro atoms. The van der Waals surface area contributed by atoms with Crippen LogP contribution in [-0.2, 0) is 0 Å². The molecule has 0 saturated heterocycles. The summed E-state index contributed by atoms with van der Waals surface area (Å²) in [5, 5.41) is 7.07. The molecule has 0 bridgehead atoms. The highest BCUT2D eigenvalue weighted by atomic mass is 32.1. The van der Waals surface area contributed by atoms with Gasteiger partial charge in [-0.15, -0.1) is 0 Å². The van der Waals surface area contributed by atoms with E-state index in [9.17, 15) is 4.79 Å². The van der Waals surface area contributed by atoms with Crippen molar-refractivity contribution in [3.63, 3.8) is 0 Å².